The number of aliphatic hydroxyl groups is 1. The van der Waals surface area contributed by atoms with Crippen LogP contribution in [0.4, 0.5) is 0 Å². The van der Waals surface area contributed by atoms with Crippen molar-refractivity contribution in [3.05, 3.63) is 10.6 Å². The highest BCUT2D eigenvalue weighted by Crippen LogP contribution is 2.06. The van der Waals surface area contributed by atoms with Gasteiger partial charge < -0.3 is 5.11 Å². The van der Waals surface area contributed by atoms with E-state index in [9.17, 15) is 0 Å². The Kier molecular flexibility index (Phi) is 6.43. The van der Waals surface area contributed by atoms with E-state index in [1.807, 2.05) is 6.08 Å². The van der Waals surface area contributed by atoms with Gasteiger partial charge in [-0.15, -0.1) is 0 Å². The molecular formula is C7H13BrO. The summed E-state index contributed by atoms with van der Waals surface area (Å²) < 4.78 is 0.899. The van der Waals surface area contributed by atoms with Gasteiger partial charge in [-0.3, -0.25) is 0 Å². The Bertz CT molecular complexity index is 88.9. The fourth-order valence-electron chi connectivity index (χ4n) is 0.527. The third-order valence-electron chi connectivity index (χ3n) is 1.07. The van der Waals surface area contributed by atoms with E-state index in [2.05, 4.69) is 22.9 Å². The molecule has 0 radical (unpaired) electrons. The number of hydrogen-bond acceptors (Lipinski definition) is 1. The Morgan fingerprint density at radius 3 is 2.78 bits per heavy atom. The van der Waals surface area contributed by atoms with E-state index in [1.165, 1.54) is 12.8 Å². The third-order valence-corrected chi connectivity index (χ3v) is 1.65. The molecule has 0 spiro atoms. The third kappa shape index (κ3) is 6.06. The van der Waals surface area contributed by atoms with Crippen molar-refractivity contribution in [1.82, 2.24) is 0 Å². The zero-order valence-electron chi connectivity index (χ0n) is 5.73. The monoisotopic (exact) mass is 192 g/mol. The normalized spacial score (nSPS) is 12.1. The molecule has 0 unspecified atom stereocenters. The smallest absolute Gasteiger partial charge is 0.0743 e. The topological polar surface area (TPSA) is 20.2 Å². The average Bonchev–Trinajstić information content (AvgIpc) is 1.89. The minimum Gasteiger partial charge on any atom is -0.391 e. The van der Waals surface area contributed by atoms with Crippen LogP contribution in [0.1, 0.15) is 26.2 Å². The summed E-state index contributed by atoms with van der Waals surface area (Å²) >= 11 is 3.22. The van der Waals surface area contributed by atoms with Gasteiger partial charge in [0.2, 0.25) is 0 Å². The molecule has 0 amide bonds. The predicted molar refractivity (Wildman–Crippen MR) is 43.6 cm³/mol. The van der Waals surface area contributed by atoms with Crippen LogP contribution in [0.5, 0.6) is 0 Å². The second-order valence-electron chi connectivity index (χ2n) is 1.95. The van der Waals surface area contributed by atoms with E-state index in [0.29, 0.717) is 0 Å². The van der Waals surface area contributed by atoms with Crippen LogP contribution in [0.2, 0.25) is 0 Å². The van der Waals surface area contributed by atoms with Crippen LogP contribution in [0, 0.1) is 0 Å². The van der Waals surface area contributed by atoms with Gasteiger partial charge >= 0.3 is 0 Å². The number of rotatable bonds is 4. The second kappa shape index (κ2) is 6.30. The molecule has 1 nitrogen and oxygen atoms in total. The molecular weight excluding hydrogens is 180 g/mol. The molecule has 54 valence electrons. The molecule has 0 rings (SSSR count). The molecule has 0 aliphatic carbocycles. The molecule has 0 saturated heterocycles. The molecule has 0 aromatic carbocycles. The average molecular weight is 193 g/mol. The Morgan fingerprint density at radius 2 is 2.33 bits per heavy atom. The lowest BCUT2D eigenvalue weighted by Crippen LogP contribution is -1.79. The lowest BCUT2D eigenvalue weighted by molar-refractivity contribution is 0.340. The number of unbranched alkanes of at least 4 members (excludes halogenated alkanes) is 2. The number of aliphatic hydroxyl groups excluding tert-OH is 1. The fraction of sp³-hybridized carbons (Fsp3) is 0.714. The number of allylic oxidation sites excluding steroid dienone is 1. The minimum absolute atomic E-state index is 0.129. The SMILES string of the molecule is CCCCC=C(Br)CO. The van der Waals surface area contributed by atoms with Crippen LogP contribution in [0.25, 0.3) is 0 Å². The highest BCUT2D eigenvalue weighted by molar-refractivity contribution is 9.11. The molecule has 0 bridgehead atoms. The van der Waals surface area contributed by atoms with Crippen LogP contribution in [-0.2, 0) is 0 Å². The van der Waals surface area contributed by atoms with Gasteiger partial charge in [0.15, 0.2) is 0 Å². The van der Waals surface area contributed by atoms with Crippen LogP contribution < -0.4 is 0 Å². The molecule has 9 heavy (non-hydrogen) atoms. The molecule has 2 heteroatoms. The lowest BCUT2D eigenvalue weighted by Gasteiger charge is -1.91. The summed E-state index contributed by atoms with van der Waals surface area (Å²) in [5.41, 5.74) is 0. The molecule has 1 N–H and O–H groups in total. The van der Waals surface area contributed by atoms with Crippen molar-refractivity contribution < 1.29 is 5.11 Å². The van der Waals surface area contributed by atoms with Crippen molar-refractivity contribution in [2.45, 2.75) is 26.2 Å². The predicted octanol–water partition coefficient (Wildman–Crippen LogP) is 2.45. The first-order valence-electron chi connectivity index (χ1n) is 3.26. The van der Waals surface area contributed by atoms with Gasteiger partial charge in [-0.2, -0.15) is 0 Å². The molecule has 0 fully saturated rings. The van der Waals surface area contributed by atoms with Gasteiger partial charge in [0.25, 0.3) is 0 Å². The van der Waals surface area contributed by atoms with E-state index in [0.717, 1.165) is 10.9 Å². The summed E-state index contributed by atoms with van der Waals surface area (Å²) in [6.45, 7) is 2.28. The van der Waals surface area contributed by atoms with Crippen LogP contribution in [0.15, 0.2) is 10.6 Å². The largest absolute Gasteiger partial charge is 0.391 e. The van der Waals surface area contributed by atoms with Crippen LogP contribution in [-0.4, -0.2) is 11.7 Å². The summed E-state index contributed by atoms with van der Waals surface area (Å²) in [5.74, 6) is 0. The van der Waals surface area contributed by atoms with Crippen molar-refractivity contribution in [3.63, 3.8) is 0 Å². The van der Waals surface area contributed by atoms with Gasteiger partial charge in [0.05, 0.1) is 6.61 Å². The molecule has 0 heterocycles. The zero-order valence-corrected chi connectivity index (χ0v) is 7.32. The molecule has 0 aliphatic heterocycles. The van der Waals surface area contributed by atoms with Crippen molar-refractivity contribution in [2.24, 2.45) is 0 Å². The maximum Gasteiger partial charge on any atom is 0.0743 e. The first kappa shape index (κ1) is 9.18. The molecule has 0 aliphatic rings. The van der Waals surface area contributed by atoms with E-state index >= 15 is 0 Å². The van der Waals surface area contributed by atoms with E-state index in [-0.39, 0.29) is 6.61 Å². The highest BCUT2D eigenvalue weighted by Gasteiger charge is 1.85. The summed E-state index contributed by atoms with van der Waals surface area (Å²) in [6.07, 6.45) is 5.50. The van der Waals surface area contributed by atoms with Gasteiger partial charge in [-0.05, 0) is 6.42 Å². The van der Waals surface area contributed by atoms with Gasteiger partial charge in [-0.1, -0.05) is 41.8 Å². The number of halogens is 1. The fourth-order valence-corrected chi connectivity index (χ4v) is 0.756. The molecule has 0 aromatic heterocycles. The summed E-state index contributed by atoms with van der Waals surface area (Å²) in [6, 6.07) is 0. The first-order chi connectivity index (χ1) is 4.31. The summed E-state index contributed by atoms with van der Waals surface area (Å²) in [4.78, 5) is 0. The second-order valence-corrected chi connectivity index (χ2v) is 2.97. The van der Waals surface area contributed by atoms with Gasteiger partial charge in [0, 0.05) is 4.48 Å². The first-order valence-corrected chi connectivity index (χ1v) is 4.06. The highest BCUT2D eigenvalue weighted by atomic mass is 79.9. The summed E-state index contributed by atoms with van der Waals surface area (Å²) in [5, 5.41) is 8.52. The number of hydrogen-bond donors (Lipinski definition) is 1. The van der Waals surface area contributed by atoms with Crippen LogP contribution >= 0.6 is 15.9 Å². The van der Waals surface area contributed by atoms with Gasteiger partial charge in [0.1, 0.15) is 0 Å². The van der Waals surface area contributed by atoms with Crippen molar-refractivity contribution in [3.8, 4) is 0 Å². The van der Waals surface area contributed by atoms with Crippen molar-refractivity contribution >= 4 is 15.9 Å². The standard InChI is InChI=1S/C7H13BrO/c1-2-3-4-5-7(8)6-9/h5,9H,2-4,6H2,1H3. The Morgan fingerprint density at radius 1 is 1.67 bits per heavy atom. The lowest BCUT2D eigenvalue weighted by atomic mass is 10.2. The maximum absolute atomic E-state index is 8.52. The zero-order chi connectivity index (χ0) is 7.11. The molecule has 0 aromatic rings. The Labute approximate surface area is 64.9 Å². The van der Waals surface area contributed by atoms with Crippen molar-refractivity contribution in [2.75, 3.05) is 6.61 Å². The maximum atomic E-state index is 8.52. The Balaban J connectivity index is 3.21. The summed E-state index contributed by atoms with van der Waals surface area (Å²) in [7, 11) is 0. The molecule has 0 atom stereocenters. The van der Waals surface area contributed by atoms with E-state index in [4.69, 9.17) is 5.11 Å². The molecule has 0 saturated carbocycles. The Hall–Kier alpha value is 0.180. The minimum atomic E-state index is 0.129. The quantitative estimate of drug-likeness (QED) is 0.680. The van der Waals surface area contributed by atoms with Crippen LogP contribution in [0.3, 0.4) is 0 Å². The van der Waals surface area contributed by atoms with E-state index in [1.54, 1.807) is 0 Å². The van der Waals surface area contributed by atoms with Gasteiger partial charge in [-0.25, -0.2) is 0 Å². The van der Waals surface area contributed by atoms with E-state index < -0.39 is 0 Å². The van der Waals surface area contributed by atoms with Crippen molar-refractivity contribution in [1.29, 1.82) is 0 Å².